The molecule has 3 heteroatoms. The number of ketones is 1. The van der Waals surface area contributed by atoms with E-state index in [0.29, 0.717) is 12.2 Å². The molecule has 1 saturated heterocycles. The van der Waals surface area contributed by atoms with Crippen LogP contribution < -0.4 is 10.1 Å². The van der Waals surface area contributed by atoms with Crippen LogP contribution >= 0.6 is 0 Å². The Labute approximate surface area is 115 Å². The number of nitrogens with one attached hydrogen (secondary N) is 1. The highest BCUT2D eigenvalue weighted by atomic mass is 16.5. The summed E-state index contributed by atoms with van der Waals surface area (Å²) < 4.78 is 5.13. The number of carbonyl (C=O) groups is 1. The van der Waals surface area contributed by atoms with E-state index in [-0.39, 0.29) is 5.54 Å². The Morgan fingerprint density at radius 1 is 1.32 bits per heavy atom. The van der Waals surface area contributed by atoms with E-state index in [9.17, 15) is 4.79 Å². The van der Waals surface area contributed by atoms with Crippen molar-refractivity contribution < 1.29 is 9.53 Å². The molecular weight excluding hydrogens is 238 g/mol. The molecule has 0 radical (unpaired) electrons. The molecule has 1 aliphatic rings. The monoisotopic (exact) mass is 261 g/mol. The van der Waals surface area contributed by atoms with Crippen LogP contribution in [0.5, 0.6) is 5.75 Å². The van der Waals surface area contributed by atoms with E-state index in [1.165, 1.54) is 12.0 Å². The lowest BCUT2D eigenvalue weighted by molar-refractivity contribution is -0.125. The Morgan fingerprint density at radius 3 is 2.63 bits per heavy atom. The normalized spacial score (nSPS) is 23.1. The summed E-state index contributed by atoms with van der Waals surface area (Å²) in [7, 11) is 1.66. The molecule has 1 aromatic rings. The first-order valence-electron chi connectivity index (χ1n) is 7.05. The lowest BCUT2D eigenvalue weighted by Gasteiger charge is -2.33. The third-order valence-electron chi connectivity index (χ3n) is 4.03. The number of rotatable bonds is 5. The summed E-state index contributed by atoms with van der Waals surface area (Å²) in [6.45, 7) is 3.01. The van der Waals surface area contributed by atoms with Gasteiger partial charge in [0.05, 0.1) is 12.6 Å². The highest BCUT2D eigenvalue weighted by molar-refractivity contribution is 5.88. The van der Waals surface area contributed by atoms with Crippen LogP contribution in [0.25, 0.3) is 0 Å². The fourth-order valence-corrected chi connectivity index (χ4v) is 2.62. The first-order chi connectivity index (χ1) is 9.14. The summed E-state index contributed by atoms with van der Waals surface area (Å²) in [6.07, 6.45) is 4.71. The first-order valence-corrected chi connectivity index (χ1v) is 7.05. The van der Waals surface area contributed by atoms with Gasteiger partial charge >= 0.3 is 0 Å². The zero-order chi connectivity index (χ0) is 13.7. The van der Waals surface area contributed by atoms with Crippen LogP contribution in [0, 0.1) is 0 Å². The molecule has 0 amide bonds. The molecule has 0 spiro atoms. The number of Topliss-reactive ketones (excluding diaryl/α,β-unsaturated/α-hetero) is 1. The Bertz CT molecular complexity index is 419. The summed E-state index contributed by atoms with van der Waals surface area (Å²) in [5.41, 5.74) is 0.888. The Hall–Kier alpha value is -1.35. The van der Waals surface area contributed by atoms with E-state index in [2.05, 4.69) is 5.32 Å². The van der Waals surface area contributed by atoms with Crippen molar-refractivity contribution in [3.8, 4) is 5.75 Å². The van der Waals surface area contributed by atoms with Gasteiger partial charge in [0.25, 0.3) is 0 Å². The number of aryl methyl sites for hydroxylation is 1. The van der Waals surface area contributed by atoms with Crippen LogP contribution in [0.3, 0.4) is 0 Å². The van der Waals surface area contributed by atoms with Crippen molar-refractivity contribution in [3.63, 3.8) is 0 Å². The largest absolute Gasteiger partial charge is 0.497 e. The Kier molecular flexibility index (Phi) is 4.59. The number of piperidine rings is 1. The van der Waals surface area contributed by atoms with E-state index >= 15 is 0 Å². The lowest BCUT2D eigenvalue weighted by Crippen LogP contribution is -2.52. The summed E-state index contributed by atoms with van der Waals surface area (Å²) in [6, 6.07) is 7.95. The summed E-state index contributed by atoms with van der Waals surface area (Å²) in [5, 5.41) is 3.38. The Balaban J connectivity index is 1.88. The minimum absolute atomic E-state index is 0.301. The van der Waals surface area contributed by atoms with Gasteiger partial charge < -0.3 is 10.1 Å². The third kappa shape index (κ3) is 3.57. The molecule has 1 heterocycles. The average molecular weight is 261 g/mol. The van der Waals surface area contributed by atoms with E-state index in [0.717, 1.165) is 31.6 Å². The van der Waals surface area contributed by atoms with E-state index in [1.54, 1.807) is 7.11 Å². The summed E-state index contributed by atoms with van der Waals surface area (Å²) in [4.78, 5) is 12.3. The van der Waals surface area contributed by atoms with Gasteiger partial charge in [-0.25, -0.2) is 0 Å². The zero-order valence-corrected chi connectivity index (χ0v) is 11.9. The Morgan fingerprint density at radius 2 is 2.05 bits per heavy atom. The van der Waals surface area contributed by atoms with E-state index < -0.39 is 0 Å². The molecule has 0 saturated carbocycles. The SMILES string of the molecule is COc1ccc(CCC(=O)C2(C)CCCCN2)cc1. The summed E-state index contributed by atoms with van der Waals surface area (Å²) >= 11 is 0. The molecule has 1 aliphatic heterocycles. The van der Waals surface area contributed by atoms with Gasteiger partial charge in [-0.1, -0.05) is 12.1 Å². The van der Waals surface area contributed by atoms with E-state index in [1.807, 2.05) is 31.2 Å². The van der Waals surface area contributed by atoms with Gasteiger partial charge in [-0.2, -0.15) is 0 Å². The highest BCUT2D eigenvalue weighted by Gasteiger charge is 2.33. The molecule has 1 aromatic carbocycles. The fraction of sp³-hybridized carbons (Fsp3) is 0.562. The molecule has 19 heavy (non-hydrogen) atoms. The van der Waals surface area contributed by atoms with Crippen LogP contribution in [0.2, 0.25) is 0 Å². The topological polar surface area (TPSA) is 38.3 Å². The molecule has 1 N–H and O–H groups in total. The maximum atomic E-state index is 12.3. The number of methoxy groups -OCH3 is 1. The number of hydrogen-bond donors (Lipinski definition) is 1. The average Bonchev–Trinajstić information content (AvgIpc) is 2.46. The highest BCUT2D eigenvalue weighted by Crippen LogP contribution is 2.22. The van der Waals surface area contributed by atoms with Gasteiger partial charge in [0, 0.05) is 6.42 Å². The molecular formula is C16H23NO2. The predicted octanol–water partition coefficient (Wildman–Crippen LogP) is 2.73. The standard InChI is InChI=1S/C16H23NO2/c1-16(11-3-4-12-17-16)15(18)10-7-13-5-8-14(19-2)9-6-13/h5-6,8-9,17H,3-4,7,10-12H2,1-2H3. The van der Waals surface area contributed by atoms with Gasteiger partial charge in [-0.15, -0.1) is 0 Å². The molecule has 3 nitrogen and oxygen atoms in total. The van der Waals surface area contributed by atoms with Crippen LogP contribution in [0.4, 0.5) is 0 Å². The van der Waals surface area contributed by atoms with Crippen molar-refractivity contribution in [1.29, 1.82) is 0 Å². The summed E-state index contributed by atoms with van der Waals surface area (Å²) in [5.74, 6) is 1.19. The van der Waals surface area contributed by atoms with Crippen molar-refractivity contribution in [3.05, 3.63) is 29.8 Å². The minimum Gasteiger partial charge on any atom is -0.497 e. The quantitative estimate of drug-likeness (QED) is 0.885. The van der Waals surface area contributed by atoms with Crippen LogP contribution in [0.15, 0.2) is 24.3 Å². The molecule has 0 aliphatic carbocycles. The number of hydrogen-bond acceptors (Lipinski definition) is 3. The van der Waals surface area contributed by atoms with Gasteiger partial charge in [0.2, 0.25) is 0 Å². The van der Waals surface area contributed by atoms with Gasteiger partial charge in [0.1, 0.15) is 5.75 Å². The van der Waals surface area contributed by atoms with Crippen molar-refractivity contribution in [2.45, 2.75) is 44.6 Å². The van der Waals surface area contributed by atoms with Crippen molar-refractivity contribution in [2.75, 3.05) is 13.7 Å². The van der Waals surface area contributed by atoms with E-state index in [4.69, 9.17) is 4.74 Å². The number of ether oxygens (including phenoxy) is 1. The maximum absolute atomic E-state index is 12.3. The van der Waals surface area contributed by atoms with Gasteiger partial charge in [-0.3, -0.25) is 4.79 Å². The molecule has 2 rings (SSSR count). The fourth-order valence-electron chi connectivity index (χ4n) is 2.62. The van der Waals surface area contributed by atoms with Crippen molar-refractivity contribution in [2.24, 2.45) is 0 Å². The van der Waals surface area contributed by atoms with Crippen molar-refractivity contribution in [1.82, 2.24) is 5.32 Å². The smallest absolute Gasteiger partial charge is 0.152 e. The number of carbonyl (C=O) groups excluding carboxylic acids is 1. The minimum atomic E-state index is -0.301. The van der Waals surface area contributed by atoms with Crippen LogP contribution in [0.1, 0.15) is 38.2 Å². The molecule has 1 atom stereocenters. The second-order valence-electron chi connectivity index (χ2n) is 5.49. The molecule has 104 valence electrons. The van der Waals surface area contributed by atoms with Gasteiger partial charge in [0.15, 0.2) is 5.78 Å². The second-order valence-corrected chi connectivity index (χ2v) is 5.49. The predicted molar refractivity (Wildman–Crippen MR) is 76.6 cm³/mol. The number of benzene rings is 1. The second kappa shape index (κ2) is 6.20. The molecule has 1 unspecified atom stereocenters. The lowest BCUT2D eigenvalue weighted by atomic mass is 9.84. The zero-order valence-electron chi connectivity index (χ0n) is 11.9. The van der Waals surface area contributed by atoms with Crippen LogP contribution in [-0.4, -0.2) is 25.0 Å². The van der Waals surface area contributed by atoms with Crippen LogP contribution in [-0.2, 0) is 11.2 Å². The first kappa shape index (κ1) is 14.1. The molecule has 1 fully saturated rings. The molecule has 0 aromatic heterocycles. The van der Waals surface area contributed by atoms with Gasteiger partial charge in [-0.05, 0) is 56.8 Å². The van der Waals surface area contributed by atoms with Crippen molar-refractivity contribution >= 4 is 5.78 Å². The molecule has 0 bridgehead atoms. The maximum Gasteiger partial charge on any atom is 0.152 e. The third-order valence-corrected chi connectivity index (χ3v) is 4.03.